The monoisotopic (exact) mass is 319 g/mol. The van der Waals surface area contributed by atoms with Crippen LogP contribution in [0.5, 0.6) is 0 Å². The third-order valence-electron chi connectivity index (χ3n) is 2.47. The van der Waals surface area contributed by atoms with Crippen molar-refractivity contribution in [2.45, 2.75) is 6.92 Å². The second-order valence-corrected chi connectivity index (χ2v) is 5.02. The van der Waals surface area contributed by atoms with Gasteiger partial charge in [0.2, 0.25) is 0 Å². The number of hydrogen-bond donors (Lipinski definition) is 2. The van der Waals surface area contributed by atoms with E-state index < -0.39 is 0 Å². The van der Waals surface area contributed by atoms with Crippen LogP contribution in [0, 0.1) is 0 Å². The highest BCUT2D eigenvalue weighted by Crippen LogP contribution is 2.13. The first kappa shape index (κ1) is 15.3. The maximum atomic E-state index is 5.81. The zero-order valence-corrected chi connectivity index (χ0v) is 12.9. The van der Waals surface area contributed by atoms with Gasteiger partial charge in [-0.15, -0.1) is 0 Å². The molecule has 0 saturated heterocycles. The summed E-state index contributed by atoms with van der Waals surface area (Å²) in [6, 6.07) is 10.9. The minimum atomic E-state index is 0.406. The molecule has 2 N–H and O–H groups in total. The predicted molar refractivity (Wildman–Crippen MR) is 91.7 cm³/mol. The first-order chi connectivity index (χ1) is 10.1. The molecule has 0 unspecified atom stereocenters. The molecule has 1 aromatic heterocycles. The summed E-state index contributed by atoms with van der Waals surface area (Å²) >= 11 is 11.0. The maximum Gasteiger partial charge on any atom is 0.191 e. The Kier molecular flexibility index (Phi) is 5.54. The summed E-state index contributed by atoms with van der Waals surface area (Å²) in [4.78, 5) is 0. The molecule has 0 aliphatic carbocycles. The lowest BCUT2D eigenvalue weighted by molar-refractivity contribution is 0.557. The molecule has 0 aliphatic rings. The summed E-state index contributed by atoms with van der Waals surface area (Å²) in [7, 11) is 0. The normalized spacial score (nSPS) is 11.6. The molecule has 0 bridgehead atoms. The fraction of sp³-hybridized carbons (Fsp3) is 0.0667. The van der Waals surface area contributed by atoms with Crippen molar-refractivity contribution in [3.05, 3.63) is 59.5 Å². The zero-order valence-electron chi connectivity index (χ0n) is 11.3. The molecule has 4 nitrogen and oxygen atoms in total. The Balaban J connectivity index is 1.84. The summed E-state index contributed by atoms with van der Waals surface area (Å²) in [5.41, 5.74) is 4.38. The lowest BCUT2D eigenvalue weighted by Gasteiger charge is -2.07. The summed E-state index contributed by atoms with van der Waals surface area (Å²) in [5.74, 6) is 0.770. The predicted octanol–water partition coefficient (Wildman–Crippen LogP) is 4.31. The average molecular weight is 320 g/mol. The number of hydrogen-bond acceptors (Lipinski definition) is 3. The van der Waals surface area contributed by atoms with Gasteiger partial charge >= 0.3 is 0 Å². The number of allylic oxidation sites excluding steroid dienone is 1. The maximum absolute atomic E-state index is 5.81. The summed E-state index contributed by atoms with van der Waals surface area (Å²) < 4.78 is 5.19. The van der Waals surface area contributed by atoms with Crippen molar-refractivity contribution in [2.24, 2.45) is 5.10 Å². The fourth-order valence-corrected chi connectivity index (χ4v) is 1.75. The van der Waals surface area contributed by atoms with Gasteiger partial charge in [0, 0.05) is 10.7 Å². The molecule has 2 aromatic rings. The summed E-state index contributed by atoms with van der Waals surface area (Å²) in [5, 5.41) is 8.23. The Morgan fingerprint density at radius 2 is 2.05 bits per heavy atom. The van der Waals surface area contributed by atoms with E-state index >= 15 is 0 Å². The van der Waals surface area contributed by atoms with Crippen LogP contribution in [0.25, 0.3) is 6.08 Å². The molecule has 0 fully saturated rings. The molecule has 0 atom stereocenters. The number of anilines is 1. The Hall–Kier alpha value is -2.11. The summed E-state index contributed by atoms with van der Waals surface area (Å²) in [6.07, 6.45) is 5.28. The van der Waals surface area contributed by atoms with Crippen molar-refractivity contribution in [2.75, 3.05) is 5.32 Å². The molecule has 21 heavy (non-hydrogen) atoms. The Bertz CT molecular complexity index is 648. The van der Waals surface area contributed by atoms with Crippen molar-refractivity contribution >= 4 is 46.4 Å². The Morgan fingerprint density at radius 1 is 1.29 bits per heavy atom. The standard InChI is InChI=1S/C15H14ClN3OS/c1-11(4-9-14-3-2-10-20-14)18-19-15(21)17-13-7-5-12(16)6-8-13/h2-10H,1H3,(H2,17,19,21). The van der Waals surface area contributed by atoms with Crippen LogP contribution in [0.2, 0.25) is 5.02 Å². The second-order valence-electron chi connectivity index (χ2n) is 4.17. The molecule has 0 saturated carbocycles. The van der Waals surface area contributed by atoms with Gasteiger partial charge in [0.05, 0.1) is 12.0 Å². The quantitative estimate of drug-likeness (QED) is 0.501. The molecule has 0 amide bonds. The summed E-state index contributed by atoms with van der Waals surface area (Å²) in [6.45, 7) is 1.86. The Labute approximate surface area is 133 Å². The van der Waals surface area contributed by atoms with Crippen molar-refractivity contribution < 1.29 is 4.42 Å². The van der Waals surface area contributed by atoms with Crippen molar-refractivity contribution in [1.29, 1.82) is 0 Å². The van der Waals surface area contributed by atoms with E-state index in [1.165, 1.54) is 0 Å². The highest BCUT2D eigenvalue weighted by Gasteiger charge is 1.96. The van der Waals surface area contributed by atoms with Crippen LogP contribution in [0.3, 0.4) is 0 Å². The highest BCUT2D eigenvalue weighted by molar-refractivity contribution is 7.80. The van der Waals surface area contributed by atoms with Crippen LogP contribution in [0.1, 0.15) is 12.7 Å². The number of thiocarbonyl (C=S) groups is 1. The topological polar surface area (TPSA) is 49.6 Å². The van der Waals surface area contributed by atoms with E-state index in [9.17, 15) is 0 Å². The first-order valence-electron chi connectivity index (χ1n) is 6.22. The van der Waals surface area contributed by atoms with Crippen LogP contribution in [0.15, 0.2) is 58.3 Å². The van der Waals surface area contributed by atoms with Crippen LogP contribution in [-0.2, 0) is 0 Å². The minimum absolute atomic E-state index is 0.406. The van der Waals surface area contributed by atoms with Gasteiger partial charge in [0.1, 0.15) is 5.76 Å². The van der Waals surface area contributed by atoms with Gasteiger partial charge in [-0.2, -0.15) is 5.10 Å². The van der Waals surface area contributed by atoms with E-state index in [1.807, 2.05) is 43.3 Å². The molecule has 1 aromatic carbocycles. The molecule has 108 valence electrons. The molecule has 1 heterocycles. The van der Waals surface area contributed by atoms with Crippen LogP contribution >= 0.6 is 23.8 Å². The largest absolute Gasteiger partial charge is 0.465 e. The number of hydrazone groups is 1. The number of nitrogens with zero attached hydrogens (tertiary/aromatic N) is 1. The SMILES string of the molecule is CC(C=Cc1ccco1)=NNC(=S)Nc1ccc(Cl)cc1. The zero-order chi connectivity index (χ0) is 15.1. The van der Waals surface area contributed by atoms with E-state index in [2.05, 4.69) is 15.8 Å². The van der Waals surface area contributed by atoms with Crippen LogP contribution < -0.4 is 10.7 Å². The number of halogens is 1. The van der Waals surface area contributed by atoms with E-state index in [0.29, 0.717) is 10.1 Å². The van der Waals surface area contributed by atoms with Gasteiger partial charge < -0.3 is 9.73 Å². The number of rotatable bonds is 4. The average Bonchev–Trinajstić information content (AvgIpc) is 2.99. The number of furan rings is 1. The lowest BCUT2D eigenvalue weighted by atomic mass is 10.3. The van der Waals surface area contributed by atoms with Gasteiger partial charge in [-0.3, -0.25) is 5.43 Å². The van der Waals surface area contributed by atoms with Crippen molar-refractivity contribution in [3.63, 3.8) is 0 Å². The fourth-order valence-electron chi connectivity index (χ4n) is 1.46. The third-order valence-corrected chi connectivity index (χ3v) is 2.91. The third kappa shape index (κ3) is 5.41. The minimum Gasteiger partial charge on any atom is -0.465 e. The molecule has 6 heteroatoms. The van der Waals surface area contributed by atoms with Crippen molar-refractivity contribution in [1.82, 2.24) is 5.43 Å². The van der Waals surface area contributed by atoms with E-state index in [1.54, 1.807) is 18.4 Å². The highest BCUT2D eigenvalue weighted by atomic mass is 35.5. The van der Waals surface area contributed by atoms with E-state index in [0.717, 1.165) is 17.2 Å². The van der Waals surface area contributed by atoms with Crippen LogP contribution in [0.4, 0.5) is 5.69 Å². The van der Waals surface area contributed by atoms with Crippen molar-refractivity contribution in [3.8, 4) is 0 Å². The molecule has 2 rings (SSSR count). The molecular formula is C15H14ClN3OS. The van der Waals surface area contributed by atoms with Gasteiger partial charge in [-0.25, -0.2) is 0 Å². The molecule has 0 spiro atoms. The number of nitrogens with one attached hydrogen (secondary N) is 2. The van der Waals surface area contributed by atoms with Gasteiger partial charge in [-0.05, 0) is 67.7 Å². The lowest BCUT2D eigenvalue weighted by Crippen LogP contribution is -2.24. The Morgan fingerprint density at radius 3 is 2.71 bits per heavy atom. The van der Waals surface area contributed by atoms with Gasteiger partial charge in [0.15, 0.2) is 5.11 Å². The molecule has 0 aliphatic heterocycles. The molecule has 0 radical (unpaired) electrons. The molecular weight excluding hydrogens is 306 g/mol. The van der Waals surface area contributed by atoms with E-state index in [4.69, 9.17) is 28.2 Å². The van der Waals surface area contributed by atoms with E-state index in [-0.39, 0.29) is 0 Å². The van der Waals surface area contributed by atoms with Gasteiger partial charge in [-0.1, -0.05) is 11.6 Å². The van der Waals surface area contributed by atoms with Gasteiger partial charge in [0.25, 0.3) is 0 Å². The second kappa shape index (κ2) is 7.61. The van der Waals surface area contributed by atoms with Crippen LogP contribution in [-0.4, -0.2) is 10.8 Å². The number of benzene rings is 1. The first-order valence-corrected chi connectivity index (χ1v) is 7.00. The smallest absolute Gasteiger partial charge is 0.191 e.